The van der Waals surface area contributed by atoms with Gasteiger partial charge in [-0.25, -0.2) is 8.78 Å². The van der Waals surface area contributed by atoms with Crippen LogP contribution in [-0.4, -0.2) is 5.11 Å². The Bertz CT molecular complexity index is 693. The quantitative estimate of drug-likeness (QED) is 0.937. The first-order chi connectivity index (χ1) is 10.0. The summed E-state index contributed by atoms with van der Waals surface area (Å²) in [5.74, 6) is -0.865. The maximum absolute atomic E-state index is 13.3. The summed E-state index contributed by atoms with van der Waals surface area (Å²) in [6.07, 6.45) is -0.802. The molecule has 0 bridgehead atoms. The van der Waals surface area contributed by atoms with E-state index in [4.69, 9.17) is 10.00 Å². The molecule has 3 nitrogen and oxygen atoms in total. The number of hydrogen-bond donors (Lipinski definition) is 1. The topological polar surface area (TPSA) is 53.2 Å². The zero-order chi connectivity index (χ0) is 15.4. The van der Waals surface area contributed by atoms with Crippen LogP contribution >= 0.6 is 0 Å². The van der Waals surface area contributed by atoms with E-state index in [1.807, 2.05) is 0 Å². The Labute approximate surface area is 121 Å². The van der Waals surface area contributed by atoms with Crippen molar-refractivity contribution >= 4 is 0 Å². The zero-order valence-corrected chi connectivity index (χ0v) is 11.3. The molecule has 2 aromatic rings. The van der Waals surface area contributed by atoms with E-state index in [9.17, 15) is 13.9 Å². The van der Waals surface area contributed by atoms with E-state index in [2.05, 4.69) is 0 Å². The molecule has 0 radical (unpaired) electrons. The number of aliphatic hydroxyl groups excluding tert-OH is 1. The fourth-order valence-corrected chi connectivity index (χ4v) is 1.89. The summed E-state index contributed by atoms with van der Waals surface area (Å²) in [4.78, 5) is 0. The summed E-state index contributed by atoms with van der Waals surface area (Å²) in [6.45, 7) is 1.59. The fraction of sp³-hybridized carbons (Fsp3) is 0.188. The van der Waals surface area contributed by atoms with Gasteiger partial charge in [-0.15, -0.1) is 0 Å². The molecule has 0 fully saturated rings. The van der Waals surface area contributed by atoms with Gasteiger partial charge in [-0.1, -0.05) is 6.07 Å². The van der Waals surface area contributed by atoms with Crippen LogP contribution in [0.1, 0.15) is 29.7 Å². The summed E-state index contributed by atoms with van der Waals surface area (Å²) in [5, 5.41) is 18.4. The second kappa shape index (κ2) is 6.33. The largest absolute Gasteiger partial charge is 0.488 e. The highest BCUT2D eigenvalue weighted by Crippen LogP contribution is 2.27. The Kier molecular flexibility index (Phi) is 4.51. The second-order valence-electron chi connectivity index (χ2n) is 4.57. The minimum Gasteiger partial charge on any atom is -0.488 e. The molecule has 0 aromatic heterocycles. The van der Waals surface area contributed by atoms with E-state index in [1.165, 1.54) is 36.4 Å². The van der Waals surface area contributed by atoms with Gasteiger partial charge in [-0.3, -0.25) is 0 Å². The van der Waals surface area contributed by atoms with Crippen molar-refractivity contribution in [2.75, 3.05) is 0 Å². The molecule has 5 heteroatoms. The standard InChI is InChI=1S/C16H13F2NO2/c1-10(20)14-4-3-13(17)7-16(14)21-9-11-2-5-15(18)12(6-11)8-19/h2-7,10,20H,9H2,1H3/t10-/m0/s1. The van der Waals surface area contributed by atoms with Gasteiger partial charge >= 0.3 is 0 Å². The van der Waals surface area contributed by atoms with Crippen molar-refractivity contribution in [1.29, 1.82) is 5.26 Å². The summed E-state index contributed by atoms with van der Waals surface area (Å²) < 4.78 is 31.9. The van der Waals surface area contributed by atoms with Gasteiger partial charge < -0.3 is 9.84 Å². The first kappa shape index (κ1) is 14.9. The van der Waals surface area contributed by atoms with E-state index >= 15 is 0 Å². The number of halogens is 2. The average Bonchev–Trinajstić information content (AvgIpc) is 2.46. The van der Waals surface area contributed by atoms with Crippen LogP contribution in [0.3, 0.4) is 0 Å². The second-order valence-corrected chi connectivity index (χ2v) is 4.57. The number of aliphatic hydroxyl groups is 1. The van der Waals surface area contributed by atoms with Gasteiger partial charge in [0.05, 0.1) is 11.7 Å². The molecule has 21 heavy (non-hydrogen) atoms. The minimum atomic E-state index is -0.802. The van der Waals surface area contributed by atoms with E-state index < -0.39 is 17.7 Å². The molecule has 1 atom stereocenters. The Balaban J connectivity index is 2.20. The lowest BCUT2D eigenvalue weighted by molar-refractivity contribution is 0.190. The van der Waals surface area contributed by atoms with Crippen molar-refractivity contribution in [3.05, 3.63) is 64.7 Å². The van der Waals surface area contributed by atoms with E-state index in [0.717, 1.165) is 0 Å². The predicted molar refractivity (Wildman–Crippen MR) is 72.5 cm³/mol. The van der Waals surface area contributed by atoms with Crippen LogP contribution in [0.2, 0.25) is 0 Å². The maximum Gasteiger partial charge on any atom is 0.140 e. The van der Waals surface area contributed by atoms with Crippen molar-refractivity contribution in [3.8, 4) is 11.8 Å². The van der Waals surface area contributed by atoms with Gasteiger partial charge in [0, 0.05) is 11.6 Å². The Morgan fingerprint density at radius 1 is 1.24 bits per heavy atom. The monoisotopic (exact) mass is 289 g/mol. The molecule has 1 N–H and O–H groups in total. The van der Waals surface area contributed by atoms with Crippen LogP contribution in [0.5, 0.6) is 5.75 Å². The van der Waals surface area contributed by atoms with Crippen molar-refractivity contribution < 1.29 is 18.6 Å². The molecule has 0 unspecified atom stereocenters. The first-order valence-corrected chi connectivity index (χ1v) is 6.30. The van der Waals surface area contributed by atoms with E-state index in [0.29, 0.717) is 11.1 Å². The molecule has 0 saturated carbocycles. The van der Waals surface area contributed by atoms with Crippen molar-refractivity contribution in [1.82, 2.24) is 0 Å². The number of nitriles is 1. The highest BCUT2D eigenvalue weighted by molar-refractivity contribution is 5.37. The zero-order valence-electron chi connectivity index (χ0n) is 11.3. The summed E-state index contributed by atoms with van der Waals surface area (Å²) in [6, 6.07) is 9.64. The Morgan fingerprint density at radius 2 is 2.00 bits per heavy atom. The van der Waals surface area contributed by atoms with Gasteiger partial charge in [0.2, 0.25) is 0 Å². The maximum atomic E-state index is 13.3. The first-order valence-electron chi connectivity index (χ1n) is 6.30. The van der Waals surface area contributed by atoms with Crippen molar-refractivity contribution in [2.45, 2.75) is 19.6 Å². The third-order valence-corrected chi connectivity index (χ3v) is 2.97. The molecule has 0 aliphatic carbocycles. The summed E-state index contributed by atoms with van der Waals surface area (Å²) in [7, 11) is 0. The number of ether oxygens (including phenoxy) is 1. The van der Waals surface area contributed by atoms with Crippen LogP contribution < -0.4 is 4.74 Å². The lowest BCUT2D eigenvalue weighted by Gasteiger charge is -2.13. The lowest BCUT2D eigenvalue weighted by atomic mass is 10.1. The molecular formula is C16H13F2NO2. The molecule has 108 valence electrons. The van der Waals surface area contributed by atoms with Gasteiger partial charge in [-0.05, 0) is 36.8 Å². The molecule has 0 saturated heterocycles. The van der Waals surface area contributed by atoms with Crippen LogP contribution in [0.25, 0.3) is 0 Å². The fourth-order valence-electron chi connectivity index (χ4n) is 1.89. The minimum absolute atomic E-state index is 0.0398. The Morgan fingerprint density at radius 3 is 2.67 bits per heavy atom. The average molecular weight is 289 g/mol. The molecule has 0 amide bonds. The number of nitrogens with zero attached hydrogens (tertiary/aromatic N) is 1. The van der Waals surface area contributed by atoms with Crippen LogP contribution in [0.15, 0.2) is 36.4 Å². The van der Waals surface area contributed by atoms with Gasteiger partial charge in [-0.2, -0.15) is 5.26 Å². The molecule has 2 aromatic carbocycles. The highest BCUT2D eigenvalue weighted by Gasteiger charge is 2.11. The molecule has 0 aliphatic heterocycles. The third-order valence-electron chi connectivity index (χ3n) is 2.97. The lowest BCUT2D eigenvalue weighted by Crippen LogP contribution is -2.02. The molecule has 0 spiro atoms. The van der Waals surface area contributed by atoms with E-state index in [1.54, 1.807) is 13.0 Å². The summed E-state index contributed by atoms with van der Waals surface area (Å²) in [5.41, 5.74) is 0.957. The highest BCUT2D eigenvalue weighted by atomic mass is 19.1. The normalized spacial score (nSPS) is 11.8. The molecule has 0 aliphatic rings. The third kappa shape index (κ3) is 3.56. The number of hydrogen-bond acceptors (Lipinski definition) is 3. The predicted octanol–water partition coefficient (Wildman–Crippen LogP) is 3.47. The van der Waals surface area contributed by atoms with Crippen LogP contribution in [0.4, 0.5) is 8.78 Å². The van der Waals surface area contributed by atoms with Crippen molar-refractivity contribution in [2.24, 2.45) is 0 Å². The Hall–Kier alpha value is -2.45. The van der Waals surface area contributed by atoms with Crippen LogP contribution in [0, 0.1) is 23.0 Å². The molecule has 2 rings (SSSR count). The number of benzene rings is 2. The van der Waals surface area contributed by atoms with Gasteiger partial charge in [0.25, 0.3) is 0 Å². The molecular weight excluding hydrogens is 276 g/mol. The van der Waals surface area contributed by atoms with Crippen LogP contribution in [-0.2, 0) is 6.61 Å². The SMILES string of the molecule is C[C@H](O)c1ccc(F)cc1OCc1ccc(F)c(C#N)c1. The van der Waals surface area contributed by atoms with E-state index in [-0.39, 0.29) is 17.9 Å². The van der Waals surface area contributed by atoms with Gasteiger partial charge in [0.1, 0.15) is 30.1 Å². The smallest absolute Gasteiger partial charge is 0.140 e. The summed E-state index contributed by atoms with van der Waals surface area (Å²) >= 11 is 0. The number of rotatable bonds is 4. The van der Waals surface area contributed by atoms with Crippen molar-refractivity contribution in [3.63, 3.8) is 0 Å². The van der Waals surface area contributed by atoms with Gasteiger partial charge in [0.15, 0.2) is 0 Å². The molecule has 0 heterocycles.